The predicted molar refractivity (Wildman–Crippen MR) is 78.1 cm³/mol. The molecule has 0 aliphatic rings. The molecule has 1 N–H and O–H groups in total. The van der Waals surface area contributed by atoms with Crippen LogP contribution in [0, 0.1) is 0 Å². The standard InChI is InChI=1S/C15H19N3O2/c1-4-11-10-14(18(5-2)16-11)15(20)17(3)12-6-8-13(19)9-7-12/h6-10,19H,4-5H2,1-3H3. The first-order valence-corrected chi connectivity index (χ1v) is 6.70. The highest BCUT2D eigenvalue weighted by molar-refractivity contribution is 6.04. The van der Waals surface area contributed by atoms with Crippen molar-refractivity contribution in [3.63, 3.8) is 0 Å². The summed E-state index contributed by atoms with van der Waals surface area (Å²) >= 11 is 0. The summed E-state index contributed by atoms with van der Waals surface area (Å²) in [5.41, 5.74) is 2.23. The number of phenols is 1. The van der Waals surface area contributed by atoms with Gasteiger partial charge in [-0.25, -0.2) is 0 Å². The molecule has 0 radical (unpaired) electrons. The van der Waals surface area contributed by atoms with Gasteiger partial charge in [0.15, 0.2) is 0 Å². The molecule has 0 spiro atoms. The molecule has 0 bridgehead atoms. The second kappa shape index (κ2) is 5.77. The number of carbonyl (C=O) groups is 1. The van der Waals surface area contributed by atoms with Crippen molar-refractivity contribution in [3.05, 3.63) is 41.7 Å². The lowest BCUT2D eigenvalue weighted by atomic mass is 10.2. The summed E-state index contributed by atoms with van der Waals surface area (Å²) in [5.74, 6) is 0.0752. The van der Waals surface area contributed by atoms with E-state index < -0.39 is 0 Å². The second-order valence-corrected chi connectivity index (χ2v) is 4.57. The van der Waals surface area contributed by atoms with Crippen LogP contribution in [0.1, 0.15) is 30.0 Å². The van der Waals surface area contributed by atoms with E-state index in [0.29, 0.717) is 12.2 Å². The fourth-order valence-electron chi connectivity index (χ4n) is 2.02. The van der Waals surface area contributed by atoms with E-state index in [4.69, 9.17) is 0 Å². The van der Waals surface area contributed by atoms with Gasteiger partial charge in [-0.15, -0.1) is 0 Å². The van der Waals surface area contributed by atoms with E-state index in [0.717, 1.165) is 17.8 Å². The van der Waals surface area contributed by atoms with Gasteiger partial charge in [0, 0.05) is 19.3 Å². The Bertz CT molecular complexity index is 602. The minimum atomic E-state index is -0.107. The third-order valence-corrected chi connectivity index (χ3v) is 3.25. The summed E-state index contributed by atoms with van der Waals surface area (Å²) in [6.07, 6.45) is 0.802. The van der Waals surface area contributed by atoms with E-state index in [1.54, 1.807) is 40.9 Å². The number of amides is 1. The SMILES string of the molecule is CCc1cc(C(=O)N(C)c2ccc(O)cc2)n(CC)n1. The third kappa shape index (κ3) is 2.66. The maximum absolute atomic E-state index is 12.5. The Morgan fingerprint density at radius 2 is 1.95 bits per heavy atom. The molecule has 106 valence electrons. The monoisotopic (exact) mass is 273 g/mol. The highest BCUT2D eigenvalue weighted by atomic mass is 16.3. The van der Waals surface area contributed by atoms with Gasteiger partial charge < -0.3 is 10.0 Å². The van der Waals surface area contributed by atoms with E-state index in [9.17, 15) is 9.90 Å². The number of carbonyl (C=O) groups excluding carboxylic acids is 1. The van der Waals surface area contributed by atoms with Crippen molar-refractivity contribution in [2.45, 2.75) is 26.8 Å². The Kier molecular flexibility index (Phi) is 4.08. The average molecular weight is 273 g/mol. The Labute approximate surface area is 118 Å². The third-order valence-electron chi connectivity index (χ3n) is 3.25. The van der Waals surface area contributed by atoms with E-state index in [1.807, 2.05) is 19.9 Å². The summed E-state index contributed by atoms with van der Waals surface area (Å²) in [4.78, 5) is 14.1. The van der Waals surface area contributed by atoms with Crippen LogP contribution in [-0.2, 0) is 13.0 Å². The molecule has 1 aromatic heterocycles. The largest absolute Gasteiger partial charge is 0.508 e. The summed E-state index contributed by atoms with van der Waals surface area (Å²) in [6.45, 7) is 4.63. The molecule has 0 aliphatic heterocycles. The van der Waals surface area contributed by atoms with Crippen LogP contribution in [0.25, 0.3) is 0 Å². The molecule has 0 saturated heterocycles. The molecule has 5 heteroatoms. The summed E-state index contributed by atoms with van der Waals surface area (Å²) in [7, 11) is 1.72. The minimum absolute atomic E-state index is 0.107. The van der Waals surface area contributed by atoms with Crippen LogP contribution >= 0.6 is 0 Å². The van der Waals surface area contributed by atoms with Crippen molar-refractivity contribution >= 4 is 11.6 Å². The number of hydrogen-bond donors (Lipinski definition) is 1. The van der Waals surface area contributed by atoms with Crippen molar-refractivity contribution in [1.29, 1.82) is 0 Å². The van der Waals surface area contributed by atoms with Gasteiger partial charge in [0.25, 0.3) is 5.91 Å². The van der Waals surface area contributed by atoms with Crippen LogP contribution in [0.3, 0.4) is 0 Å². The lowest BCUT2D eigenvalue weighted by Crippen LogP contribution is -2.28. The van der Waals surface area contributed by atoms with E-state index in [-0.39, 0.29) is 11.7 Å². The molecule has 5 nitrogen and oxygen atoms in total. The van der Waals surface area contributed by atoms with Crippen LogP contribution in [0.5, 0.6) is 5.75 Å². The number of aromatic nitrogens is 2. The normalized spacial score (nSPS) is 10.6. The first kappa shape index (κ1) is 14.1. The van der Waals surface area contributed by atoms with Crippen LogP contribution < -0.4 is 4.90 Å². The highest BCUT2D eigenvalue weighted by Gasteiger charge is 2.19. The number of aromatic hydroxyl groups is 1. The van der Waals surface area contributed by atoms with Gasteiger partial charge in [0.1, 0.15) is 11.4 Å². The van der Waals surface area contributed by atoms with Gasteiger partial charge in [-0.05, 0) is 43.7 Å². The molecule has 0 fully saturated rings. The molecule has 0 unspecified atom stereocenters. The first-order chi connectivity index (χ1) is 9.56. The number of anilines is 1. The second-order valence-electron chi connectivity index (χ2n) is 4.57. The summed E-state index contributed by atoms with van der Waals surface area (Å²) in [5, 5.41) is 13.7. The zero-order valence-corrected chi connectivity index (χ0v) is 12.0. The topological polar surface area (TPSA) is 58.4 Å². The first-order valence-electron chi connectivity index (χ1n) is 6.70. The molecule has 0 saturated carbocycles. The molecule has 2 rings (SSSR count). The maximum Gasteiger partial charge on any atom is 0.276 e. The van der Waals surface area contributed by atoms with Crippen molar-refractivity contribution in [2.75, 3.05) is 11.9 Å². The Balaban J connectivity index is 2.30. The van der Waals surface area contributed by atoms with Crippen molar-refractivity contribution in [3.8, 4) is 5.75 Å². The quantitative estimate of drug-likeness (QED) is 0.930. The van der Waals surface area contributed by atoms with E-state index >= 15 is 0 Å². The number of benzene rings is 1. The van der Waals surface area contributed by atoms with Gasteiger partial charge in [0.2, 0.25) is 0 Å². The maximum atomic E-state index is 12.5. The van der Waals surface area contributed by atoms with Crippen molar-refractivity contribution < 1.29 is 9.90 Å². The minimum Gasteiger partial charge on any atom is -0.508 e. The zero-order chi connectivity index (χ0) is 14.7. The predicted octanol–water partition coefficient (Wildman–Crippen LogP) is 2.45. The number of phenolic OH excluding ortho intramolecular Hbond substituents is 1. The van der Waals surface area contributed by atoms with E-state index in [2.05, 4.69) is 5.10 Å². The smallest absolute Gasteiger partial charge is 0.276 e. The molecule has 20 heavy (non-hydrogen) atoms. The van der Waals surface area contributed by atoms with Crippen LogP contribution in [-0.4, -0.2) is 27.8 Å². The number of nitrogens with zero attached hydrogens (tertiary/aromatic N) is 3. The lowest BCUT2D eigenvalue weighted by molar-refractivity contribution is 0.0983. The fourth-order valence-corrected chi connectivity index (χ4v) is 2.02. The lowest BCUT2D eigenvalue weighted by Gasteiger charge is -2.17. The van der Waals surface area contributed by atoms with Gasteiger partial charge in [-0.3, -0.25) is 9.48 Å². The van der Waals surface area contributed by atoms with Gasteiger partial charge >= 0.3 is 0 Å². The number of hydrogen-bond acceptors (Lipinski definition) is 3. The summed E-state index contributed by atoms with van der Waals surface area (Å²) in [6, 6.07) is 8.38. The highest BCUT2D eigenvalue weighted by Crippen LogP contribution is 2.19. The fraction of sp³-hybridized carbons (Fsp3) is 0.333. The molecule has 1 aromatic carbocycles. The van der Waals surface area contributed by atoms with Crippen LogP contribution in [0.15, 0.2) is 30.3 Å². The molecular formula is C15H19N3O2. The molecule has 2 aromatic rings. The number of rotatable bonds is 4. The number of aryl methyl sites for hydroxylation is 2. The van der Waals surface area contributed by atoms with Gasteiger partial charge in [0.05, 0.1) is 5.69 Å². The molecule has 1 amide bonds. The van der Waals surface area contributed by atoms with E-state index in [1.165, 1.54) is 0 Å². The molecule has 1 heterocycles. The summed E-state index contributed by atoms with van der Waals surface area (Å²) < 4.78 is 1.72. The molecular weight excluding hydrogens is 254 g/mol. The van der Waals surface area contributed by atoms with Crippen molar-refractivity contribution in [1.82, 2.24) is 9.78 Å². The van der Waals surface area contributed by atoms with Crippen LogP contribution in [0.4, 0.5) is 5.69 Å². The Hall–Kier alpha value is -2.30. The zero-order valence-electron chi connectivity index (χ0n) is 12.0. The van der Waals surface area contributed by atoms with Gasteiger partial charge in [-0.1, -0.05) is 6.92 Å². The van der Waals surface area contributed by atoms with Crippen molar-refractivity contribution in [2.24, 2.45) is 0 Å². The average Bonchev–Trinajstić information content (AvgIpc) is 2.90. The van der Waals surface area contributed by atoms with Gasteiger partial charge in [-0.2, -0.15) is 5.10 Å². The molecule has 0 aliphatic carbocycles. The molecule has 0 atom stereocenters. The van der Waals surface area contributed by atoms with Crippen LogP contribution in [0.2, 0.25) is 0 Å². The Morgan fingerprint density at radius 1 is 1.30 bits per heavy atom. The Morgan fingerprint density at radius 3 is 2.50 bits per heavy atom.